The molecule has 37 heavy (non-hydrogen) atoms. The van der Waals surface area contributed by atoms with Crippen LogP contribution in [0.5, 0.6) is 0 Å². The van der Waals surface area contributed by atoms with E-state index in [1.807, 2.05) is 30.5 Å². The number of aromatic nitrogens is 3. The largest absolute Gasteiger partial charge is 0.385 e. The first kappa shape index (κ1) is 25.1. The van der Waals surface area contributed by atoms with E-state index in [9.17, 15) is 4.79 Å². The van der Waals surface area contributed by atoms with Gasteiger partial charge in [-0.1, -0.05) is 13.0 Å². The number of anilines is 3. The fourth-order valence-electron chi connectivity index (χ4n) is 5.11. The molecule has 194 valence electrons. The topological polar surface area (TPSA) is 95.5 Å². The van der Waals surface area contributed by atoms with Gasteiger partial charge in [0, 0.05) is 63.6 Å². The van der Waals surface area contributed by atoms with Crippen LogP contribution in [0.2, 0.25) is 0 Å². The summed E-state index contributed by atoms with van der Waals surface area (Å²) in [7, 11) is 3.87. The van der Waals surface area contributed by atoms with E-state index in [4.69, 9.17) is 4.74 Å². The number of likely N-dealkylation sites (N-methyl/N-ethyl adjacent to an activating group) is 1. The molecule has 1 atom stereocenters. The Morgan fingerprint density at radius 2 is 1.95 bits per heavy atom. The number of hydrogen-bond acceptors (Lipinski definition) is 8. The highest BCUT2D eigenvalue weighted by Gasteiger charge is 2.27. The van der Waals surface area contributed by atoms with Gasteiger partial charge in [0.25, 0.3) is 5.91 Å². The van der Waals surface area contributed by atoms with Crippen LogP contribution in [0.3, 0.4) is 0 Å². The Morgan fingerprint density at radius 3 is 2.68 bits per heavy atom. The molecule has 1 aromatic carbocycles. The lowest BCUT2D eigenvalue weighted by molar-refractivity contribution is 0.0966. The molecule has 0 spiro atoms. The molecular weight excluding hydrogens is 466 g/mol. The third-order valence-electron chi connectivity index (χ3n) is 7.39. The number of ether oxygens (including phenoxy) is 1. The molecule has 2 aromatic heterocycles. The van der Waals surface area contributed by atoms with E-state index < -0.39 is 0 Å². The Kier molecular flexibility index (Phi) is 7.62. The minimum Gasteiger partial charge on any atom is -0.385 e. The minimum atomic E-state index is -0.0887. The Bertz CT molecular complexity index is 1240. The van der Waals surface area contributed by atoms with Crippen molar-refractivity contribution < 1.29 is 9.53 Å². The number of benzene rings is 1. The fourth-order valence-corrected chi connectivity index (χ4v) is 5.11. The highest BCUT2D eigenvalue weighted by molar-refractivity contribution is 6.06. The van der Waals surface area contributed by atoms with Crippen LogP contribution in [-0.4, -0.2) is 72.7 Å². The quantitative estimate of drug-likeness (QED) is 0.457. The fraction of sp³-hybridized carbons (Fsp3) is 0.429. The van der Waals surface area contributed by atoms with Crippen molar-refractivity contribution in [3.63, 3.8) is 0 Å². The molecule has 5 rings (SSSR count). The molecule has 1 saturated heterocycles. The molecule has 9 heteroatoms. The van der Waals surface area contributed by atoms with E-state index in [-0.39, 0.29) is 5.91 Å². The van der Waals surface area contributed by atoms with Gasteiger partial charge < -0.3 is 25.2 Å². The maximum atomic E-state index is 12.9. The SMILES string of the molecule is CCC(CCOC)c1cc(-c2ccc(Nc3ccc(N4CCN(C)CC4)cn3)c3c2CNC3=O)ncn1. The average molecular weight is 502 g/mol. The molecule has 1 amide bonds. The number of nitrogens with one attached hydrogen (secondary N) is 2. The summed E-state index contributed by atoms with van der Waals surface area (Å²) in [6, 6.07) is 10.1. The molecule has 0 saturated carbocycles. The standard InChI is InChI=1S/C28H35N7O2/c1-4-19(9-14-37-3)24-15-25(32-18-31-24)21-6-7-23(27-22(21)17-30-28(27)36)33-26-8-5-20(16-29-26)35-12-10-34(2)11-13-35/h5-8,15-16,18-19H,4,9-14,17H2,1-3H3,(H,29,33)(H,30,36). The number of fused-ring (bicyclic) bond motifs is 1. The van der Waals surface area contributed by atoms with Gasteiger partial charge in [0.1, 0.15) is 12.1 Å². The molecule has 2 aliphatic heterocycles. The highest BCUT2D eigenvalue weighted by Crippen LogP contribution is 2.35. The van der Waals surface area contributed by atoms with Gasteiger partial charge in [-0.05, 0) is 49.7 Å². The summed E-state index contributed by atoms with van der Waals surface area (Å²) < 4.78 is 5.28. The van der Waals surface area contributed by atoms with Crippen LogP contribution in [0, 0.1) is 0 Å². The van der Waals surface area contributed by atoms with Gasteiger partial charge in [-0.25, -0.2) is 15.0 Å². The van der Waals surface area contributed by atoms with E-state index in [2.05, 4.69) is 55.4 Å². The number of hydrogen-bond donors (Lipinski definition) is 2. The molecule has 0 aliphatic carbocycles. The van der Waals surface area contributed by atoms with Crippen LogP contribution in [-0.2, 0) is 11.3 Å². The number of carbonyl (C=O) groups excluding carboxylic acids is 1. The van der Waals surface area contributed by atoms with E-state index in [0.29, 0.717) is 30.5 Å². The van der Waals surface area contributed by atoms with Crippen LogP contribution in [0.25, 0.3) is 11.3 Å². The van der Waals surface area contributed by atoms with E-state index >= 15 is 0 Å². The Hall–Kier alpha value is -3.56. The summed E-state index contributed by atoms with van der Waals surface area (Å²) >= 11 is 0. The molecule has 2 aliphatic rings. The minimum absolute atomic E-state index is 0.0887. The van der Waals surface area contributed by atoms with E-state index in [1.54, 1.807) is 13.4 Å². The molecule has 9 nitrogen and oxygen atoms in total. The lowest BCUT2D eigenvalue weighted by Gasteiger charge is -2.33. The average Bonchev–Trinajstić information content (AvgIpc) is 3.32. The Balaban J connectivity index is 1.39. The summed E-state index contributed by atoms with van der Waals surface area (Å²) in [5.41, 5.74) is 6.23. The maximum Gasteiger partial charge on any atom is 0.254 e. The van der Waals surface area contributed by atoms with Crippen molar-refractivity contribution in [3.8, 4) is 11.3 Å². The van der Waals surface area contributed by atoms with Crippen LogP contribution in [0.1, 0.15) is 47.3 Å². The summed E-state index contributed by atoms with van der Waals surface area (Å²) in [6.07, 6.45) is 5.40. The second kappa shape index (κ2) is 11.2. The van der Waals surface area contributed by atoms with Crippen LogP contribution >= 0.6 is 0 Å². The normalized spacial score (nSPS) is 16.4. The number of carbonyl (C=O) groups is 1. The number of nitrogens with zero attached hydrogens (tertiary/aromatic N) is 5. The molecular formula is C28H35N7O2. The summed E-state index contributed by atoms with van der Waals surface area (Å²) in [5, 5.41) is 6.35. The molecule has 4 heterocycles. The maximum absolute atomic E-state index is 12.9. The van der Waals surface area contributed by atoms with Crippen molar-refractivity contribution in [2.75, 3.05) is 57.2 Å². The third-order valence-corrected chi connectivity index (χ3v) is 7.39. The van der Waals surface area contributed by atoms with Gasteiger partial charge in [-0.2, -0.15) is 0 Å². The van der Waals surface area contributed by atoms with Crippen molar-refractivity contribution >= 4 is 23.1 Å². The third kappa shape index (κ3) is 5.42. The van der Waals surface area contributed by atoms with Crippen LogP contribution in [0.15, 0.2) is 42.9 Å². The summed E-state index contributed by atoms with van der Waals surface area (Å²) in [4.78, 5) is 31.3. The van der Waals surface area contributed by atoms with Gasteiger partial charge >= 0.3 is 0 Å². The lowest BCUT2D eigenvalue weighted by atomic mass is 9.95. The van der Waals surface area contributed by atoms with E-state index in [1.165, 1.54) is 0 Å². The number of amides is 1. The first-order valence-electron chi connectivity index (χ1n) is 13.0. The number of methoxy groups -OCH3 is 1. The Labute approximate surface area is 218 Å². The Morgan fingerprint density at radius 1 is 1.11 bits per heavy atom. The zero-order valence-electron chi connectivity index (χ0n) is 21.8. The lowest BCUT2D eigenvalue weighted by Crippen LogP contribution is -2.44. The van der Waals surface area contributed by atoms with Gasteiger partial charge in [0.15, 0.2) is 0 Å². The van der Waals surface area contributed by atoms with Gasteiger partial charge in [-0.15, -0.1) is 0 Å². The highest BCUT2D eigenvalue weighted by atomic mass is 16.5. The molecule has 1 fully saturated rings. The second-order valence-corrected chi connectivity index (χ2v) is 9.73. The number of rotatable bonds is 9. The van der Waals surface area contributed by atoms with Crippen molar-refractivity contribution in [1.82, 2.24) is 25.2 Å². The van der Waals surface area contributed by atoms with Gasteiger partial charge in [0.2, 0.25) is 0 Å². The summed E-state index contributed by atoms with van der Waals surface area (Å²) in [6.45, 7) is 7.41. The summed E-state index contributed by atoms with van der Waals surface area (Å²) in [5.74, 6) is 0.922. The number of piperazine rings is 1. The van der Waals surface area contributed by atoms with Crippen molar-refractivity contribution in [2.24, 2.45) is 0 Å². The second-order valence-electron chi connectivity index (χ2n) is 9.73. The molecule has 1 unspecified atom stereocenters. The van der Waals surface area contributed by atoms with E-state index in [0.717, 1.165) is 72.9 Å². The first-order valence-corrected chi connectivity index (χ1v) is 13.0. The molecule has 3 aromatic rings. The van der Waals surface area contributed by atoms with Crippen LogP contribution in [0.4, 0.5) is 17.2 Å². The van der Waals surface area contributed by atoms with Gasteiger partial charge in [-0.3, -0.25) is 4.79 Å². The zero-order chi connectivity index (χ0) is 25.8. The van der Waals surface area contributed by atoms with Crippen molar-refractivity contribution in [1.29, 1.82) is 0 Å². The molecule has 0 radical (unpaired) electrons. The zero-order valence-corrected chi connectivity index (χ0v) is 21.8. The van der Waals surface area contributed by atoms with Crippen molar-refractivity contribution in [3.05, 3.63) is 59.7 Å². The predicted octanol–water partition coefficient (Wildman–Crippen LogP) is 3.81. The monoisotopic (exact) mass is 501 g/mol. The first-order chi connectivity index (χ1) is 18.1. The molecule has 0 bridgehead atoms. The van der Waals surface area contributed by atoms with Gasteiger partial charge in [0.05, 0.1) is 28.8 Å². The molecule has 2 N–H and O–H groups in total. The van der Waals surface area contributed by atoms with Crippen LogP contribution < -0.4 is 15.5 Å². The smallest absolute Gasteiger partial charge is 0.254 e. The predicted molar refractivity (Wildman–Crippen MR) is 145 cm³/mol. The van der Waals surface area contributed by atoms with Crippen molar-refractivity contribution in [2.45, 2.75) is 32.2 Å². The number of pyridine rings is 1.